The van der Waals surface area contributed by atoms with Crippen LogP contribution in [0.15, 0.2) is 41.1 Å². The van der Waals surface area contributed by atoms with Crippen LogP contribution in [-0.4, -0.2) is 22.2 Å². The number of halogens is 1. The smallest absolute Gasteiger partial charge is 0.254 e. The molecule has 1 amide bonds. The van der Waals surface area contributed by atoms with E-state index in [4.69, 9.17) is 0 Å². The zero-order valence-corrected chi connectivity index (χ0v) is 14.1. The van der Waals surface area contributed by atoms with E-state index in [0.717, 1.165) is 11.0 Å². The number of amides is 1. The second-order valence-electron chi connectivity index (χ2n) is 5.66. The van der Waals surface area contributed by atoms with Gasteiger partial charge in [-0.1, -0.05) is 41.9 Å². The van der Waals surface area contributed by atoms with E-state index in [2.05, 4.69) is 52.3 Å². The topological polar surface area (TPSA) is 46.9 Å². The Morgan fingerprint density at radius 2 is 2.00 bits per heavy atom. The van der Waals surface area contributed by atoms with E-state index in [1.54, 1.807) is 17.1 Å². The van der Waals surface area contributed by atoms with Crippen LogP contribution < -0.4 is 5.32 Å². The van der Waals surface area contributed by atoms with E-state index in [-0.39, 0.29) is 11.3 Å². The van der Waals surface area contributed by atoms with Crippen LogP contribution in [0.2, 0.25) is 0 Å². The van der Waals surface area contributed by atoms with Crippen LogP contribution in [0.3, 0.4) is 0 Å². The summed E-state index contributed by atoms with van der Waals surface area (Å²) in [6.45, 7) is 7.56. The van der Waals surface area contributed by atoms with Crippen LogP contribution in [0.4, 0.5) is 0 Å². The third-order valence-corrected chi connectivity index (χ3v) is 4.06. The van der Waals surface area contributed by atoms with Gasteiger partial charge >= 0.3 is 0 Å². The van der Waals surface area contributed by atoms with E-state index in [1.807, 2.05) is 19.1 Å². The minimum atomic E-state index is -0.128. The molecule has 2 aromatic rings. The lowest BCUT2D eigenvalue weighted by Gasteiger charge is -2.25. The molecule has 1 heterocycles. The van der Waals surface area contributed by atoms with Crippen LogP contribution in [-0.2, 0) is 12.0 Å². The highest BCUT2D eigenvalue weighted by Gasteiger charge is 2.22. The van der Waals surface area contributed by atoms with Crippen molar-refractivity contribution in [2.45, 2.75) is 32.7 Å². The third kappa shape index (κ3) is 3.94. The number of hydrogen-bond acceptors (Lipinski definition) is 2. The van der Waals surface area contributed by atoms with Crippen molar-refractivity contribution in [3.63, 3.8) is 0 Å². The highest BCUT2D eigenvalue weighted by atomic mass is 79.9. The van der Waals surface area contributed by atoms with Crippen molar-refractivity contribution in [2.75, 3.05) is 6.54 Å². The molecule has 2 rings (SSSR count). The fourth-order valence-electron chi connectivity index (χ4n) is 2.06. The Labute approximate surface area is 133 Å². The van der Waals surface area contributed by atoms with Crippen LogP contribution in [0.1, 0.15) is 36.7 Å². The van der Waals surface area contributed by atoms with Crippen molar-refractivity contribution in [3.8, 4) is 0 Å². The van der Waals surface area contributed by atoms with E-state index >= 15 is 0 Å². The largest absolute Gasteiger partial charge is 0.351 e. The van der Waals surface area contributed by atoms with Crippen molar-refractivity contribution in [2.24, 2.45) is 0 Å². The molecule has 5 heteroatoms. The molecule has 0 aliphatic carbocycles. The second-order valence-corrected chi connectivity index (χ2v) is 6.57. The fourth-order valence-corrected chi connectivity index (χ4v) is 2.32. The zero-order chi connectivity index (χ0) is 15.5. The first-order valence-corrected chi connectivity index (χ1v) is 7.78. The van der Waals surface area contributed by atoms with Gasteiger partial charge in [-0.2, -0.15) is 5.10 Å². The summed E-state index contributed by atoms with van der Waals surface area (Å²) >= 11 is 3.44. The first-order chi connectivity index (χ1) is 9.92. The predicted octanol–water partition coefficient (Wildman–Crippen LogP) is 3.37. The molecule has 0 bridgehead atoms. The normalized spacial score (nSPS) is 11.4. The van der Waals surface area contributed by atoms with E-state index < -0.39 is 0 Å². The second kappa shape index (κ2) is 6.43. The van der Waals surface area contributed by atoms with E-state index in [9.17, 15) is 4.79 Å². The summed E-state index contributed by atoms with van der Waals surface area (Å²) in [4.78, 5) is 12.1. The summed E-state index contributed by atoms with van der Waals surface area (Å²) in [6.07, 6.45) is 3.37. The highest BCUT2D eigenvalue weighted by Crippen LogP contribution is 2.24. The lowest BCUT2D eigenvalue weighted by atomic mass is 9.84. The molecule has 0 unspecified atom stereocenters. The van der Waals surface area contributed by atoms with Crippen LogP contribution in [0, 0.1) is 0 Å². The molecule has 1 aromatic carbocycles. The van der Waals surface area contributed by atoms with Gasteiger partial charge in [-0.3, -0.25) is 9.48 Å². The summed E-state index contributed by atoms with van der Waals surface area (Å²) in [5, 5.41) is 7.10. The van der Waals surface area contributed by atoms with Crippen molar-refractivity contribution in [3.05, 3.63) is 52.3 Å². The number of rotatable bonds is 5. The maximum Gasteiger partial charge on any atom is 0.254 e. The molecule has 1 N–H and O–H groups in total. The summed E-state index contributed by atoms with van der Waals surface area (Å²) in [5.74, 6) is -0.0834. The number of aryl methyl sites for hydroxylation is 1. The number of benzene rings is 1. The molecular weight excluding hydrogens is 330 g/mol. The van der Waals surface area contributed by atoms with Crippen LogP contribution >= 0.6 is 15.9 Å². The molecule has 21 heavy (non-hydrogen) atoms. The Kier molecular flexibility index (Phi) is 4.83. The SMILES string of the molecule is CCn1cc(C(=O)NCC(C)(C)c2ccc(Br)cc2)cn1. The van der Waals surface area contributed by atoms with E-state index in [0.29, 0.717) is 12.1 Å². The lowest BCUT2D eigenvalue weighted by molar-refractivity contribution is 0.0945. The Bertz CT molecular complexity index is 617. The Morgan fingerprint density at radius 3 is 2.57 bits per heavy atom. The van der Waals surface area contributed by atoms with Gasteiger partial charge < -0.3 is 5.32 Å². The van der Waals surface area contributed by atoms with Crippen molar-refractivity contribution in [1.82, 2.24) is 15.1 Å². The Hall–Kier alpha value is -1.62. The molecule has 0 fully saturated rings. The number of carbonyl (C=O) groups excluding carboxylic acids is 1. The Balaban J connectivity index is 2.00. The fraction of sp³-hybridized carbons (Fsp3) is 0.375. The number of carbonyl (C=O) groups is 1. The number of nitrogens with one attached hydrogen (secondary N) is 1. The summed E-state index contributed by atoms with van der Waals surface area (Å²) in [6, 6.07) is 8.19. The summed E-state index contributed by atoms with van der Waals surface area (Å²) in [5.41, 5.74) is 1.66. The predicted molar refractivity (Wildman–Crippen MR) is 87.4 cm³/mol. The molecule has 0 aliphatic heterocycles. The van der Waals surface area contributed by atoms with Gasteiger partial charge in [0.05, 0.1) is 11.8 Å². The van der Waals surface area contributed by atoms with Gasteiger partial charge in [0, 0.05) is 29.2 Å². The molecule has 0 radical (unpaired) electrons. The quantitative estimate of drug-likeness (QED) is 0.899. The standard InChI is InChI=1S/C16H20BrN3O/c1-4-20-10-12(9-19-20)15(21)18-11-16(2,3)13-5-7-14(17)8-6-13/h5-10H,4,11H2,1-3H3,(H,18,21). The van der Waals surface area contributed by atoms with Crippen LogP contribution in [0.25, 0.3) is 0 Å². The minimum Gasteiger partial charge on any atom is -0.351 e. The van der Waals surface area contributed by atoms with Crippen molar-refractivity contribution >= 4 is 21.8 Å². The number of hydrogen-bond donors (Lipinski definition) is 1. The van der Waals surface area contributed by atoms with E-state index in [1.165, 1.54) is 5.56 Å². The highest BCUT2D eigenvalue weighted by molar-refractivity contribution is 9.10. The molecule has 0 spiro atoms. The summed E-state index contributed by atoms with van der Waals surface area (Å²) in [7, 11) is 0. The van der Waals surface area contributed by atoms with Crippen molar-refractivity contribution < 1.29 is 4.79 Å². The first-order valence-electron chi connectivity index (χ1n) is 6.99. The van der Waals surface area contributed by atoms with Crippen LogP contribution in [0.5, 0.6) is 0 Å². The summed E-state index contributed by atoms with van der Waals surface area (Å²) < 4.78 is 2.80. The average molecular weight is 350 g/mol. The third-order valence-electron chi connectivity index (χ3n) is 3.54. The molecular formula is C16H20BrN3O. The number of nitrogens with zero attached hydrogens (tertiary/aromatic N) is 2. The van der Waals surface area contributed by atoms with Gasteiger partial charge in [-0.25, -0.2) is 0 Å². The number of aromatic nitrogens is 2. The van der Waals surface area contributed by atoms with Gasteiger partial charge in [0.25, 0.3) is 5.91 Å². The van der Waals surface area contributed by atoms with Gasteiger partial charge in [0.1, 0.15) is 0 Å². The molecule has 112 valence electrons. The first kappa shape index (κ1) is 15.8. The molecule has 1 aromatic heterocycles. The van der Waals surface area contributed by atoms with Gasteiger partial charge in [0.15, 0.2) is 0 Å². The maximum absolute atomic E-state index is 12.1. The molecule has 0 saturated carbocycles. The lowest BCUT2D eigenvalue weighted by Crippen LogP contribution is -2.36. The monoisotopic (exact) mass is 349 g/mol. The van der Waals surface area contributed by atoms with Gasteiger partial charge in [0.2, 0.25) is 0 Å². The molecule has 0 atom stereocenters. The average Bonchev–Trinajstić information content (AvgIpc) is 2.94. The minimum absolute atomic E-state index is 0.0834. The zero-order valence-electron chi connectivity index (χ0n) is 12.6. The molecule has 0 aliphatic rings. The van der Waals surface area contributed by atoms with Gasteiger partial charge in [-0.05, 0) is 24.6 Å². The maximum atomic E-state index is 12.1. The van der Waals surface area contributed by atoms with Crippen molar-refractivity contribution in [1.29, 1.82) is 0 Å². The molecule has 0 saturated heterocycles. The Morgan fingerprint density at radius 1 is 1.33 bits per heavy atom. The molecule has 4 nitrogen and oxygen atoms in total. The van der Waals surface area contributed by atoms with Gasteiger partial charge in [-0.15, -0.1) is 0 Å².